The van der Waals surface area contributed by atoms with Gasteiger partial charge in [0.1, 0.15) is 6.04 Å². The summed E-state index contributed by atoms with van der Waals surface area (Å²) in [6.07, 6.45) is 0.0924. The lowest BCUT2D eigenvalue weighted by Crippen LogP contribution is -2.45. The van der Waals surface area contributed by atoms with E-state index in [-0.39, 0.29) is 31.2 Å². The van der Waals surface area contributed by atoms with Crippen molar-refractivity contribution in [1.82, 2.24) is 10.6 Å². The van der Waals surface area contributed by atoms with Gasteiger partial charge in [-0.05, 0) is 25.8 Å². The van der Waals surface area contributed by atoms with Gasteiger partial charge in [-0.3, -0.25) is 14.4 Å². The van der Waals surface area contributed by atoms with Gasteiger partial charge in [0, 0.05) is 18.8 Å². The van der Waals surface area contributed by atoms with Crippen LogP contribution in [0.2, 0.25) is 0 Å². The predicted molar refractivity (Wildman–Crippen MR) is 92.8 cm³/mol. The summed E-state index contributed by atoms with van der Waals surface area (Å²) in [5, 5.41) is 14.1. The molecule has 0 spiro atoms. The molecule has 0 aliphatic carbocycles. The fourth-order valence-corrected chi connectivity index (χ4v) is 2.28. The normalized spacial score (nSPS) is 13.8. The van der Waals surface area contributed by atoms with E-state index in [2.05, 4.69) is 10.6 Å². The first kappa shape index (κ1) is 20.2. The molecule has 0 radical (unpaired) electrons. The molecule has 0 fully saturated rings. The highest BCUT2D eigenvalue weighted by atomic mass is 16.2. The summed E-state index contributed by atoms with van der Waals surface area (Å²) in [5.41, 5.74) is 6.20. The molecule has 3 atom stereocenters. The fourth-order valence-electron chi connectivity index (χ4n) is 2.28. The lowest BCUT2D eigenvalue weighted by atomic mass is 10.0. The molecular formula is C18H24N4O3. The molecule has 0 heterocycles. The van der Waals surface area contributed by atoms with Crippen molar-refractivity contribution >= 4 is 17.7 Å². The highest BCUT2D eigenvalue weighted by molar-refractivity contribution is 5.88. The summed E-state index contributed by atoms with van der Waals surface area (Å²) in [6, 6.07) is 10.4. The van der Waals surface area contributed by atoms with Crippen LogP contribution >= 0.6 is 0 Å². The first-order valence-corrected chi connectivity index (χ1v) is 8.16. The van der Waals surface area contributed by atoms with Gasteiger partial charge in [0.15, 0.2) is 0 Å². The maximum absolute atomic E-state index is 11.9. The Bertz CT molecular complexity index is 639. The molecule has 0 saturated carbocycles. The topological polar surface area (TPSA) is 125 Å². The minimum atomic E-state index is -0.909. The van der Waals surface area contributed by atoms with E-state index in [0.717, 1.165) is 5.56 Å². The molecule has 0 bridgehead atoms. The van der Waals surface area contributed by atoms with Crippen LogP contribution in [-0.2, 0) is 14.4 Å². The maximum Gasteiger partial charge on any atom is 0.240 e. The number of rotatable bonds is 9. The van der Waals surface area contributed by atoms with Crippen molar-refractivity contribution in [3.8, 4) is 6.07 Å². The minimum Gasteiger partial charge on any atom is -0.368 e. The molecule has 7 heteroatoms. The summed E-state index contributed by atoms with van der Waals surface area (Å²) < 4.78 is 0. The molecule has 25 heavy (non-hydrogen) atoms. The predicted octanol–water partition coefficient (Wildman–Crippen LogP) is 1.16. The van der Waals surface area contributed by atoms with Crippen LogP contribution in [0.1, 0.15) is 44.7 Å². The van der Waals surface area contributed by atoms with Gasteiger partial charge < -0.3 is 16.4 Å². The van der Waals surface area contributed by atoms with Gasteiger partial charge in [-0.15, -0.1) is 0 Å². The molecule has 0 aliphatic rings. The lowest BCUT2D eigenvalue weighted by molar-refractivity contribution is -0.129. The average molecular weight is 344 g/mol. The lowest BCUT2D eigenvalue weighted by Gasteiger charge is -2.17. The summed E-state index contributed by atoms with van der Waals surface area (Å²) >= 11 is 0. The molecule has 1 aromatic carbocycles. The molecule has 1 rings (SSSR count). The van der Waals surface area contributed by atoms with Gasteiger partial charge in [-0.25, -0.2) is 0 Å². The van der Waals surface area contributed by atoms with E-state index >= 15 is 0 Å². The largest absolute Gasteiger partial charge is 0.368 e. The van der Waals surface area contributed by atoms with Gasteiger partial charge >= 0.3 is 0 Å². The van der Waals surface area contributed by atoms with E-state index in [1.807, 2.05) is 43.3 Å². The maximum atomic E-state index is 11.9. The Balaban J connectivity index is 2.43. The van der Waals surface area contributed by atoms with Crippen molar-refractivity contribution in [2.75, 3.05) is 0 Å². The summed E-state index contributed by atoms with van der Waals surface area (Å²) in [4.78, 5) is 35.2. The van der Waals surface area contributed by atoms with Gasteiger partial charge in [0.2, 0.25) is 17.7 Å². The number of nitrogens with one attached hydrogen (secondary N) is 2. The second kappa shape index (κ2) is 10.1. The number of carbonyl (C=O) groups is 3. The Morgan fingerprint density at radius 2 is 1.64 bits per heavy atom. The van der Waals surface area contributed by atoms with Crippen molar-refractivity contribution in [2.24, 2.45) is 11.7 Å². The van der Waals surface area contributed by atoms with E-state index in [4.69, 9.17) is 11.0 Å². The Morgan fingerprint density at radius 1 is 1.08 bits per heavy atom. The Morgan fingerprint density at radius 3 is 2.16 bits per heavy atom. The second-order valence-corrected chi connectivity index (χ2v) is 5.99. The Labute approximate surface area is 147 Å². The Hall–Kier alpha value is -2.88. The third-order valence-electron chi connectivity index (χ3n) is 3.74. The van der Waals surface area contributed by atoms with Crippen LogP contribution in [-0.4, -0.2) is 23.8 Å². The van der Waals surface area contributed by atoms with Crippen molar-refractivity contribution < 1.29 is 14.4 Å². The number of benzene rings is 1. The number of hydrogen-bond acceptors (Lipinski definition) is 4. The monoisotopic (exact) mass is 344 g/mol. The number of nitrogens with zero attached hydrogens (tertiary/aromatic N) is 1. The van der Waals surface area contributed by atoms with Crippen LogP contribution in [0.3, 0.4) is 0 Å². The third-order valence-corrected chi connectivity index (χ3v) is 3.74. The van der Waals surface area contributed by atoms with Crippen LogP contribution < -0.4 is 16.4 Å². The van der Waals surface area contributed by atoms with E-state index < -0.39 is 23.8 Å². The number of amides is 3. The van der Waals surface area contributed by atoms with Crippen LogP contribution in [0.25, 0.3) is 0 Å². The van der Waals surface area contributed by atoms with E-state index in [9.17, 15) is 14.4 Å². The number of nitrogens with two attached hydrogens (primary N) is 1. The number of nitriles is 1. The summed E-state index contributed by atoms with van der Waals surface area (Å²) in [7, 11) is 0. The van der Waals surface area contributed by atoms with Gasteiger partial charge in [0.25, 0.3) is 0 Å². The molecular weight excluding hydrogens is 320 g/mol. The van der Waals surface area contributed by atoms with Crippen molar-refractivity contribution in [1.29, 1.82) is 5.26 Å². The van der Waals surface area contributed by atoms with Crippen molar-refractivity contribution in [2.45, 2.75) is 45.2 Å². The van der Waals surface area contributed by atoms with E-state index in [1.54, 1.807) is 6.92 Å². The van der Waals surface area contributed by atoms with Crippen molar-refractivity contribution in [3.05, 3.63) is 35.9 Å². The average Bonchev–Trinajstić information content (AvgIpc) is 2.59. The van der Waals surface area contributed by atoms with Crippen LogP contribution in [0.5, 0.6) is 0 Å². The van der Waals surface area contributed by atoms with Crippen molar-refractivity contribution in [3.63, 3.8) is 0 Å². The number of hydrogen-bond donors (Lipinski definition) is 3. The summed E-state index contributed by atoms with van der Waals surface area (Å²) in [6.45, 7) is 3.50. The Kier molecular flexibility index (Phi) is 8.13. The minimum absolute atomic E-state index is 0.00227. The highest BCUT2D eigenvalue weighted by Gasteiger charge is 2.21. The van der Waals surface area contributed by atoms with Crippen LogP contribution in [0.15, 0.2) is 30.3 Å². The molecule has 7 nitrogen and oxygen atoms in total. The van der Waals surface area contributed by atoms with Gasteiger partial charge in [-0.2, -0.15) is 5.26 Å². The number of carbonyl (C=O) groups excluding carboxylic acids is 3. The first-order chi connectivity index (χ1) is 11.8. The molecule has 4 N–H and O–H groups in total. The molecule has 3 amide bonds. The zero-order chi connectivity index (χ0) is 18.8. The number of primary amides is 1. The quantitative estimate of drug-likeness (QED) is 0.621. The molecule has 1 aromatic rings. The van der Waals surface area contributed by atoms with Gasteiger partial charge in [0.05, 0.1) is 12.1 Å². The summed E-state index contributed by atoms with van der Waals surface area (Å²) in [5.74, 6) is -1.81. The standard InChI is InChI=1S/C18H24N4O3/c1-12(11-19)10-15(18(20)25)22-17(24)9-8-16(23)21-13(2)14-6-4-3-5-7-14/h3-7,12-13,15H,8-10H2,1-2H3,(H2,20,25)(H,21,23)(H,22,24)/t12-,13+,15+/m0/s1. The van der Waals surface area contributed by atoms with Crippen LogP contribution in [0.4, 0.5) is 0 Å². The molecule has 134 valence electrons. The third kappa shape index (κ3) is 7.48. The zero-order valence-electron chi connectivity index (χ0n) is 14.5. The van der Waals surface area contributed by atoms with E-state index in [1.165, 1.54) is 0 Å². The first-order valence-electron chi connectivity index (χ1n) is 8.16. The molecule has 0 saturated heterocycles. The molecule has 0 unspecified atom stereocenters. The zero-order valence-corrected chi connectivity index (χ0v) is 14.5. The fraction of sp³-hybridized carbons (Fsp3) is 0.444. The highest BCUT2D eigenvalue weighted by Crippen LogP contribution is 2.11. The smallest absolute Gasteiger partial charge is 0.240 e. The second-order valence-electron chi connectivity index (χ2n) is 5.99. The SMILES string of the molecule is C[C@H](C#N)C[C@@H](NC(=O)CCC(=O)N[C@H](C)c1ccccc1)C(N)=O. The van der Waals surface area contributed by atoms with Crippen LogP contribution in [0, 0.1) is 17.2 Å². The van der Waals surface area contributed by atoms with E-state index in [0.29, 0.717) is 0 Å². The van der Waals surface area contributed by atoms with Gasteiger partial charge in [-0.1, -0.05) is 30.3 Å². The molecule has 0 aliphatic heterocycles. The molecule has 0 aromatic heterocycles.